The molecule has 0 spiro atoms. The number of nitrogens with zero attached hydrogens (tertiary/aromatic N) is 1. The van der Waals surface area contributed by atoms with Gasteiger partial charge in [-0.2, -0.15) is 0 Å². The van der Waals surface area contributed by atoms with E-state index in [4.69, 9.17) is 10.2 Å². The third-order valence-electron chi connectivity index (χ3n) is 2.58. The molecule has 1 aromatic carbocycles. The van der Waals surface area contributed by atoms with Crippen molar-refractivity contribution in [1.82, 2.24) is 4.98 Å². The van der Waals surface area contributed by atoms with E-state index in [1.54, 1.807) is 11.3 Å². The topological polar surface area (TPSA) is 52.0 Å². The SMILES string of the molecule is Cc1csc(-c2nc3cccc(Br)c3o2)c1N. The van der Waals surface area contributed by atoms with Gasteiger partial charge in [0.05, 0.1) is 10.2 Å². The average molecular weight is 309 g/mol. The minimum Gasteiger partial charge on any atom is -0.434 e. The smallest absolute Gasteiger partial charge is 0.239 e. The van der Waals surface area contributed by atoms with E-state index in [1.165, 1.54) is 0 Å². The Bertz CT molecular complexity index is 702. The summed E-state index contributed by atoms with van der Waals surface area (Å²) in [7, 11) is 0. The average Bonchev–Trinajstić information content (AvgIpc) is 2.85. The normalized spacial score (nSPS) is 11.2. The number of aromatic nitrogens is 1. The molecule has 3 aromatic rings. The van der Waals surface area contributed by atoms with Crippen molar-refractivity contribution in [2.75, 3.05) is 5.73 Å². The van der Waals surface area contributed by atoms with Crippen LogP contribution in [0.2, 0.25) is 0 Å². The Kier molecular flexibility index (Phi) is 2.45. The van der Waals surface area contributed by atoms with E-state index < -0.39 is 0 Å². The number of nitrogens with two attached hydrogens (primary N) is 1. The van der Waals surface area contributed by atoms with Crippen molar-refractivity contribution in [3.63, 3.8) is 0 Å². The minimum atomic E-state index is 0.586. The van der Waals surface area contributed by atoms with Crippen LogP contribution in [-0.4, -0.2) is 4.98 Å². The summed E-state index contributed by atoms with van der Waals surface area (Å²) < 4.78 is 6.65. The molecule has 86 valence electrons. The molecule has 0 atom stereocenters. The second-order valence-electron chi connectivity index (χ2n) is 3.77. The van der Waals surface area contributed by atoms with E-state index in [-0.39, 0.29) is 0 Å². The molecule has 0 aliphatic rings. The van der Waals surface area contributed by atoms with E-state index in [9.17, 15) is 0 Å². The molecule has 2 N–H and O–H groups in total. The number of nitrogen functional groups attached to an aromatic ring is 1. The second-order valence-corrected chi connectivity index (χ2v) is 5.50. The zero-order valence-corrected chi connectivity index (χ0v) is 11.4. The predicted molar refractivity (Wildman–Crippen MR) is 74.2 cm³/mol. The standard InChI is InChI=1S/C12H9BrN2OS/c1-6-5-17-11(9(6)14)12-15-8-4-2-3-7(13)10(8)16-12/h2-5H,14H2,1H3. The number of aryl methyl sites for hydroxylation is 1. The number of para-hydroxylation sites is 1. The molecule has 2 heterocycles. The van der Waals surface area contributed by atoms with Gasteiger partial charge in [-0.05, 0) is 45.9 Å². The van der Waals surface area contributed by atoms with Crippen LogP contribution in [0.25, 0.3) is 21.9 Å². The van der Waals surface area contributed by atoms with Crippen molar-refractivity contribution in [3.8, 4) is 10.8 Å². The molecule has 3 rings (SSSR count). The van der Waals surface area contributed by atoms with E-state index >= 15 is 0 Å². The highest BCUT2D eigenvalue weighted by molar-refractivity contribution is 9.10. The summed E-state index contributed by atoms with van der Waals surface area (Å²) in [5.74, 6) is 0.586. The maximum atomic E-state index is 5.99. The molecular formula is C12H9BrN2OS. The summed E-state index contributed by atoms with van der Waals surface area (Å²) in [4.78, 5) is 5.35. The fourth-order valence-electron chi connectivity index (χ4n) is 1.63. The molecule has 5 heteroatoms. The van der Waals surface area contributed by atoms with Crippen LogP contribution in [0.15, 0.2) is 32.5 Å². The number of oxazole rings is 1. The number of fused-ring (bicyclic) bond motifs is 1. The maximum absolute atomic E-state index is 5.99. The van der Waals surface area contributed by atoms with Crippen molar-refractivity contribution in [2.45, 2.75) is 6.92 Å². The Morgan fingerprint density at radius 3 is 2.88 bits per heavy atom. The van der Waals surface area contributed by atoms with Gasteiger partial charge in [-0.3, -0.25) is 0 Å². The van der Waals surface area contributed by atoms with E-state index in [0.717, 1.165) is 31.7 Å². The molecule has 0 fully saturated rings. The summed E-state index contributed by atoms with van der Waals surface area (Å²) >= 11 is 5.00. The highest BCUT2D eigenvalue weighted by Gasteiger charge is 2.15. The van der Waals surface area contributed by atoms with Crippen molar-refractivity contribution in [1.29, 1.82) is 0 Å². The summed E-state index contributed by atoms with van der Waals surface area (Å²) in [6.45, 7) is 1.98. The summed E-state index contributed by atoms with van der Waals surface area (Å²) in [6.07, 6.45) is 0. The third-order valence-corrected chi connectivity index (χ3v) is 4.31. The number of anilines is 1. The summed E-state index contributed by atoms with van der Waals surface area (Å²) in [6, 6.07) is 5.78. The van der Waals surface area contributed by atoms with Crippen LogP contribution >= 0.6 is 27.3 Å². The van der Waals surface area contributed by atoms with Gasteiger partial charge in [0.15, 0.2) is 5.58 Å². The molecule has 3 nitrogen and oxygen atoms in total. The monoisotopic (exact) mass is 308 g/mol. The highest BCUT2D eigenvalue weighted by Crippen LogP contribution is 2.37. The second kappa shape index (κ2) is 3.85. The highest BCUT2D eigenvalue weighted by atomic mass is 79.9. The molecule has 0 aliphatic heterocycles. The summed E-state index contributed by atoms with van der Waals surface area (Å²) in [5, 5.41) is 2.01. The molecule has 0 saturated carbocycles. The molecule has 0 unspecified atom stereocenters. The first-order valence-electron chi connectivity index (χ1n) is 5.06. The van der Waals surface area contributed by atoms with Gasteiger partial charge in [0.25, 0.3) is 0 Å². The van der Waals surface area contributed by atoms with E-state index in [2.05, 4.69) is 20.9 Å². The van der Waals surface area contributed by atoms with Crippen molar-refractivity contribution in [3.05, 3.63) is 33.6 Å². The lowest BCUT2D eigenvalue weighted by Crippen LogP contribution is -1.86. The van der Waals surface area contributed by atoms with Crippen molar-refractivity contribution < 1.29 is 4.42 Å². The van der Waals surface area contributed by atoms with E-state index in [1.807, 2.05) is 30.5 Å². The molecule has 0 bridgehead atoms. The van der Waals surface area contributed by atoms with Crippen molar-refractivity contribution >= 4 is 44.1 Å². The molecule has 2 aromatic heterocycles. The number of benzene rings is 1. The Balaban J connectivity index is 2.25. The molecule has 0 saturated heterocycles. The van der Waals surface area contributed by atoms with Gasteiger partial charge in [0, 0.05) is 0 Å². The lowest BCUT2D eigenvalue weighted by Gasteiger charge is -1.93. The fraction of sp³-hybridized carbons (Fsp3) is 0.0833. The maximum Gasteiger partial charge on any atom is 0.239 e. The van der Waals surface area contributed by atoms with Crippen LogP contribution in [0.5, 0.6) is 0 Å². The lowest BCUT2D eigenvalue weighted by molar-refractivity contribution is 0.620. The zero-order chi connectivity index (χ0) is 12.0. The Labute approximate surface area is 110 Å². The first-order chi connectivity index (χ1) is 8.16. The van der Waals surface area contributed by atoms with Crippen molar-refractivity contribution in [2.24, 2.45) is 0 Å². The van der Waals surface area contributed by atoms with Gasteiger partial charge in [-0.15, -0.1) is 11.3 Å². The van der Waals surface area contributed by atoms with Gasteiger partial charge in [-0.1, -0.05) is 6.07 Å². The Hall–Kier alpha value is -1.33. The number of hydrogen-bond acceptors (Lipinski definition) is 4. The molecule has 0 radical (unpaired) electrons. The van der Waals surface area contributed by atoms with Crippen LogP contribution in [-0.2, 0) is 0 Å². The van der Waals surface area contributed by atoms with Crippen LogP contribution in [0.1, 0.15) is 5.56 Å². The Morgan fingerprint density at radius 2 is 2.24 bits per heavy atom. The number of halogens is 1. The number of thiophene rings is 1. The largest absolute Gasteiger partial charge is 0.434 e. The van der Waals surface area contributed by atoms with Crippen LogP contribution < -0.4 is 5.73 Å². The number of rotatable bonds is 1. The quantitative estimate of drug-likeness (QED) is 0.732. The van der Waals surface area contributed by atoms with Gasteiger partial charge < -0.3 is 10.2 Å². The van der Waals surface area contributed by atoms with Gasteiger partial charge in [0.1, 0.15) is 10.4 Å². The molecule has 0 aliphatic carbocycles. The van der Waals surface area contributed by atoms with Gasteiger partial charge in [-0.25, -0.2) is 4.98 Å². The fourth-order valence-corrected chi connectivity index (χ4v) is 2.97. The minimum absolute atomic E-state index is 0.586. The molecular weight excluding hydrogens is 300 g/mol. The first kappa shape index (κ1) is 10.8. The van der Waals surface area contributed by atoms with Crippen LogP contribution in [0.3, 0.4) is 0 Å². The number of hydrogen-bond donors (Lipinski definition) is 1. The van der Waals surface area contributed by atoms with Crippen LogP contribution in [0, 0.1) is 6.92 Å². The first-order valence-corrected chi connectivity index (χ1v) is 6.73. The Morgan fingerprint density at radius 1 is 1.41 bits per heavy atom. The van der Waals surface area contributed by atoms with Crippen LogP contribution in [0.4, 0.5) is 5.69 Å². The lowest BCUT2D eigenvalue weighted by atomic mass is 10.3. The molecule has 17 heavy (non-hydrogen) atoms. The van der Waals surface area contributed by atoms with Gasteiger partial charge in [0.2, 0.25) is 5.89 Å². The van der Waals surface area contributed by atoms with Gasteiger partial charge >= 0.3 is 0 Å². The molecule has 0 amide bonds. The van der Waals surface area contributed by atoms with E-state index in [0.29, 0.717) is 5.89 Å². The zero-order valence-electron chi connectivity index (χ0n) is 9.03. The third kappa shape index (κ3) is 1.66. The summed E-state index contributed by atoms with van der Waals surface area (Å²) in [5.41, 5.74) is 9.39. The predicted octanol–water partition coefficient (Wildman–Crippen LogP) is 4.21.